The van der Waals surface area contributed by atoms with Crippen LogP contribution >= 0.6 is 0 Å². The molecule has 2 fully saturated rings. The van der Waals surface area contributed by atoms with Gasteiger partial charge in [-0.25, -0.2) is 13.2 Å². The van der Waals surface area contributed by atoms with Crippen LogP contribution in [0.15, 0.2) is 24.3 Å². The van der Waals surface area contributed by atoms with Crippen LogP contribution < -0.4 is 15.5 Å². The largest absolute Gasteiger partial charge is 0.374 e. The SMILES string of the molecule is CS(=O)(=O)N1CCO[C@@H](CNC(=O)c2cccc(N3CCNC3=O)c2)C1. The Kier molecular flexibility index (Phi) is 5.44. The summed E-state index contributed by atoms with van der Waals surface area (Å²) in [5.74, 6) is -0.300. The molecule has 2 heterocycles. The minimum Gasteiger partial charge on any atom is -0.374 e. The predicted octanol–water partition coefficient (Wildman–Crippen LogP) is -0.394. The van der Waals surface area contributed by atoms with Gasteiger partial charge in [-0.1, -0.05) is 6.07 Å². The summed E-state index contributed by atoms with van der Waals surface area (Å²) in [7, 11) is -3.27. The van der Waals surface area contributed by atoms with E-state index in [1.807, 2.05) is 0 Å². The average Bonchev–Trinajstić information content (AvgIpc) is 3.05. The van der Waals surface area contributed by atoms with Gasteiger partial charge in [-0.2, -0.15) is 4.31 Å². The summed E-state index contributed by atoms with van der Waals surface area (Å²) >= 11 is 0. The highest BCUT2D eigenvalue weighted by Crippen LogP contribution is 2.18. The van der Waals surface area contributed by atoms with Crippen molar-refractivity contribution in [2.45, 2.75) is 6.10 Å². The molecule has 1 atom stereocenters. The van der Waals surface area contributed by atoms with E-state index in [2.05, 4.69) is 10.6 Å². The molecule has 3 rings (SSSR count). The van der Waals surface area contributed by atoms with E-state index in [0.29, 0.717) is 37.5 Å². The molecule has 2 N–H and O–H groups in total. The lowest BCUT2D eigenvalue weighted by atomic mass is 10.1. The zero-order chi connectivity index (χ0) is 18.7. The molecule has 2 saturated heterocycles. The number of rotatable bonds is 5. The molecule has 0 spiro atoms. The van der Waals surface area contributed by atoms with E-state index in [1.165, 1.54) is 4.31 Å². The molecular formula is C16H22N4O5S. The number of sulfonamides is 1. The van der Waals surface area contributed by atoms with Crippen LogP contribution in [0.3, 0.4) is 0 Å². The van der Waals surface area contributed by atoms with E-state index in [4.69, 9.17) is 4.74 Å². The summed E-state index contributed by atoms with van der Waals surface area (Å²) in [4.78, 5) is 25.7. The smallest absolute Gasteiger partial charge is 0.321 e. The van der Waals surface area contributed by atoms with Crippen LogP contribution in [0.2, 0.25) is 0 Å². The van der Waals surface area contributed by atoms with Crippen molar-refractivity contribution in [1.29, 1.82) is 0 Å². The van der Waals surface area contributed by atoms with Gasteiger partial charge >= 0.3 is 6.03 Å². The molecule has 2 aliphatic heterocycles. The van der Waals surface area contributed by atoms with Gasteiger partial charge in [0.05, 0.1) is 19.0 Å². The number of benzene rings is 1. The summed E-state index contributed by atoms with van der Waals surface area (Å²) in [6.45, 7) is 2.18. The average molecular weight is 382 g/mol. The van der Waals surface area contributed by atoms with Crippen molar-refractivity contribution in [3.63, 3.8) is 0 Å². The maximum atomic E-state index is 12.4. The van der Waals surface area contributed by atoms with Crippen LogP contribution in [0.1, 0.15) is 10.4 Å². The number of ether oxygens (including phenoxy) is 1. The monoisotopic (exact) mass is 382 g/mol. The summed E-state index contributed by atoms with van der Waals surface area (Å²) < 4.78 is 30.1. The van der Waals surface area contributed by atoms with Gasteiger partial charge in [-0.15, -0.1) is 0 Å². The first-order chi connectivity index (χ1) is 12.3. The first-order valence-electron chi connectivity index (χ1n) is 8.35. The fourth-order valence-electron chi connectivity index (χ4n) is 2.96. The normalized spacial score (nSPS) is 21.5. The second-order valence-electron chi connectivity index (χ2n) is 6.26. The van der Waals surface area contributed by atoms with Crippen LogP contribution in [0.25, 0.3) is 0 Å². The number of hydrogen-bond acceptors (Lipinski definition) is 5. The quantitative estimate of drug-likeness (QED) is 0.721. The number of carbonyl (C=O) groups excluding carboxylic acids is 2. The number of morpholine rings is 1. The lowest BCUT2D eigenvalue weighted by Gasteiger charge is -2.31. The first-order valence-corrected chi connectivity index (χ1v) is 10.2. The van der Waals surface area contributed by atoms with Crippen molar-refractivity contribution in [3.8, 4) is 0 Å². The Morgan fingerprint density at radius 2 is 2.19 bits per heavy atom. The lowest BCUT2D eigenvalue weighted by molar-refractivity contribution is 0.000438. The van der Waals surface area contributed by atoms with Crippen LogP contribution in [0.5, 0.6) is 0 Å². The number of nitrogens with one attached hydrogen (secondary N) is 2. The summed E-state index contributed by atoms with van der Waals surface area (Å²) in [6, 6.07) is 6.63. The number of hydrogen-bond donors (Lipinski definition) is 2. The van der Waals surface area contributed by atoms with Crippen LogP contribution in [0, 0.1) is 0 Å². The molecule has 0 radical (unpaired) electrons. The fraction of sp³-hybridized carbons (Fsp3) is 0.500. The van der Waals surface area contributed by atoms with E-state index in [0.717, 1.165) is 6.26 Å². The van der Waals surface area contributed by atoms with Gasteiger partial charge in [0.2, 0.25) is 10.0 Å². The summed E-state index contributed by atoms with van der Waals surface area (Å²) in [5, 5.41) is 5.48. The molecule has 0 unspecified atom stereocenters. The minimum atomic E-state index is -3.27. The Morgan fingerprint density at radius 3 is 2.88 bits per heavy atom. The molecule has 1 aromatic rings. The molecule has 1 aromatic carbocycles. The second kappa shape index (κ2) is 7.60. The predicted molar refractivity (Wildman–Crippen MR) is 95.7 cm³/mol. The molecule has 9 nitrogen and oxygen atoms in total. The first kappa shape index (κ1) is 18.6. The third kappa shape index (κ3) is 4.32. The van der Waals surface area contributed by atoms with E-state index < -0.39 is 16.1 Å². The van der Waals surface area contributed by atoms with Gasteiger partial charge in [0.1, 0.15) is 0 Å². The van der Waals surface area contributed by atoms with Gasteiger partial charge in [0.25, 0.3) is 5.91 Å². The number of anilines is 1. The zero-order valence-electron chi connectivity index (χ0n) is 14.5. The Bertz CT molecular complexity index is 798. The Balaban J connectivity index is 1.59. The Morgan fingerprint density at radius 1 is 1.38 bits per heavy atom. The molecule has 0 bridgehead atoms. The van der Waals surface area contributed by atoms with Crippen LogP contribution in [-0.2, 0) is 14.8 Å². The molecular weight excluding hydrogens is 360 g/mol. The highest BCUT2D eigenvalue weighted by atomic mass is 32.2. The van der Waals surface area contributed by atoms with Gasteiger partial charge in [-0.05, 0) is 18.2 Å². The molecule has 0 saturated carbocycles. The van der Waals surface area contributed by atoms with E-state index >= 15 is 0 Å². The van der Waals surface area contributed by atoms with Crippen molar-refractivity contribution in [2.24, 2.45) is 0 Å². The van der Waals surface area contributed by atoms with Crippen molar-refractivity contribution < 1.29 is 22.7 Å². The number of urea groups is 1. The Hall–Kier alpha value is -2.17. The zero-order valence-corrected chi connectivity index (χ0v) is 15.3. The lowest BCUT2D eigenvalue weighted by Crippen LogP contribution is -2.49. The highest BCUT2D eigenvalue weighted by Gasteiger charge is 2.27. The molecule has 0 aliphatic carbocycles. The van der Waals surface area contributed by atoms with E-state index in [1.54, 1.807) is 29.2 Å². The molecule has 26 heavy (non-hydrogen) atoms. The topological polar surface area (TPSA) is 108 Å². The third-order valence-electron chi connectivity index (χ3n) is 4.34. The minimum absolute atomic E-state index is 0.181. The number of amides is 3. The summed E-state index contributed by atoms with van der Waals surface area (Å²) in [6.07, 6.45) is 0.767. The maximum Gasteiger partial charge on any atom is 0.321 e. The van der Waals surface area contributed by atoms with E-state index in [-0.39, 0.29) is 25.0 Å². The number of nitrogens with zero attached hydrogens (tertiary/aromatic N) is 2. The van der Waals surface area contributed by atoms with Gasteiger partial charge in [0, 0.05) is 44.0 Å². The second-order valence-corrected chi connectivity index (χ2v) is 8.24. The fourth-order valence-corrected chi connectivity index (χ4v) is 3.80. The van der Waals surface area contributed by atoms with E-state index in [9.17, 15) is 18.0 Å². The van der Waals surface area contributed by atoms with Gasteiger partial charge in [-0.3, -0.25) is 9.69 Å². The number of carbonyl (C=O) groups is 2. The van der Waals surface area contributed by atoms with Crippen molar-refractivity contribution in [3.05, 3.63) is 29.8 Å². The van der Waals surface area contributed by atoms with Gasteiger partial charge < -0.3 is 15.4 Å². The Labute approximate surface area is 152 Å². The van der Waals surface area contributed by atoms with Crippen molar-refractivity contribution >= 4 is 27.6 Å². The molecule has 2 aliphatic rings. The van der Waals surface area contributed by atoms with Crippen molar-refractivity contribution in [1.82, 2.24) is 14.9 Å². The third-order valence-corrected chi connectivity index (χ3v) is 5.61. The van der Waals surface area contributed by atoms with Gasteiger partial charge in [0.15, 0.2) is 0 Å². The summed E-state index contributed by atoms with van der Waals surface area (Å²) in [5.41, 5.74) is 1.09. The van der Waals surface area contributed by atoms with Crippen LogP contribution in [0.4, 0.5) is 10.5 Å². The standard InChI is InChI=1S/C16H22N4O5S/c1-26(23,24)19-7-8-25-14(11-19)10-18-15(21)12-3-2-4-13(9-12)20-6-5-17-16(20)22/h2-4,9,14H,5-8,10-11H2,1H3,(H,17,22)(H,18,21)/t14-/m0/s1. The molecule has 0 aromatic heterocycles. The molecule has 142 valence electrons. The van der Waals surface area contributed by atoms with Crippen LogP contribution in [-0.4, -0.2) is 76.4 Å². The highest BCUT2D eigenvalue weighted by molar-refractivity contribution is 7.88. The van der Waals surface area contributed by atoms with Crippen molar-refractivity contribution in [2.75, 3.05) is 50.5 Å². The maximum absolute atomic E-state index is 12.4. The molecule has 3 amide bonds. The molecule has 10 heteroatoms.